The van der Waals surface area contributed by atoms with Gasteiger partial charge in [0, 0.05) is 5.56 Å². The molecule has 0 atom stereocenters. The summed E-state index contributed by atoms with van der Waals surface area (Å²) in [6.45, 7) is 6.06. The number of aromatic nitrogens is 2. The Morgan fingerprint density at radius 1 is 0.862 bits per heavy atom. The van der Waals surface area contributed by atoms with Gasteiger partial charge in [0.2, 0.25) is 11.7 Å². The number of rotatable bonds is 6. The van der Waals surface area contributed by atoms with Gasteiger partial charge in [-0.15, -0.1) is 0 Å². The molecule has 0 unspecified atom stereocenters. The molecular formula is C25H24N2O2. The minimum Gasteiger partial charge on any atom is -0.491 e. The zero-order valence-corrected chi connectivity index (χ0v) is 16.9. The van der Waals surface area contributed by atoms with Gasteiger partial charge >= 0.3 is 0 Å². The van der Waals surface area contributed by atoms with Gasteiger partial charge in [-0.25, -0.2) is 0 Å². The second kappa shape index (κ2) is 8.31. The van der Waals surface area contributed by atoms with Crippen molar-refractivity contribution in [3.8, 4) is 28.3 Å². The molecule has 0 saturated heterocycles. The summed E-state index contributed by atoms with van der Waals surface area (Å²) in [4.78, 5) is 4.57. The predicted octanol–water partition coefficient (Wildman–Crippen LogP) is 6.09. The fraction of sp³-hybridized carbons (Fsp3) is 0.200. The molecule has 1 aromatic heterocycles. The Balaban J connectivity index is 1.47. The molecule has 0 aliphatic heterocycles. The molecule has 4 aromatic rings. The predicted molar refractivity (Wildman–Crippen MR) is 115 cm³/mol. The van der Waals surface area contributed by atoms with Crippen LogP contribution in [0.4, 0.5) is 0 Å². The van der Waals surface area contributed by atoms with E-state index < -0.39 is 0 Å². The van der Waals surface area contributed by atoms with Crippen LogP contribution < -0.4 is 4.74 Å². The van der Waals surface area contributed by atoms with Crippen LogP contribution >= 0.6 is 0 Å². The van der Waals surface area contributed by atoms with Crippen LogP contribution in [0.25, 0.3) is 22.5 Å². The van der Waals surface area contributed by atoms with E-state index in [4.69, 9.17) is 9.26 Å². The summed E-state index contributed by atoms with van der Waals surface area (Å²) in [5.41, 5.74) is 5.52. The number of hydrogen-bond acceptors (Lipinski definition) is 4. The molecule has 3 aromatic carbocycles. The highest BCUT2D eigenvalue weighted by molar-refractivity contribution is 5.63. The lowest BCUT2D eigenvalue weighted by molar-refractivity contribution is 0.241. The van der Waals surface area contributed by atoms with Crippen molar-refractivity contribution < 1.29 is 9.26 Å². The monoisotopic (exact) mass is 384 g/mol. The van der Waals surface area contributed by atoms with E-state index in [2.05, 4.69) is 46.5 Å². The number of nitrogens with zero attached hydrogens (tertiary/aromatic N) is 2. The fourth-order valence-electron chi connectivity index (χ4n) is 3.24. The highest BCUT2D eigenvalue weighted by Gasteiger charge is 2.12. The van der Waals surface area contributed by atoms with Crippen molar-refractivity contribution in [2.45, 2.75) is 33.3 Å². The van der Waals surface area contributed by atoms with Crippen molar-refractivity contribution in [1.82, 2.24) is 10.1 Å². The maximum absolute atomic E-state index is 5.80. The van der Waals surface area contributed by atoms with Crippen LogP contribution in [0, 0.1) is 6.92 Å². The molecule has 0 bridgehead atoms. The van der Waals surface area contributed by atoms with Crippen LogP contribution in [0.15, 0.2) is 77.3 Å². The molecule has 146 valence electrons. The summed E-state index contributed by atoms with van der Waals surface area (Å²) in [5.74, 6) is 2.08. The zero-order valence-electron chi connectivity index (χ0n) is 16.9. The van der Waals surface area contributed by atoms with Crippen LogP contribution in [0.1, 0.15) is 30.9 Å². The Labute approximate surface area is 171 Å². The smallest absolute Gasteiger partial charge is 0.231 e. The van der Waals surface area contributed by atoms with Crippen LogP contribution in [0.3, 0.4) is 0 Å². The van der Waals surface area contributed by atoms with Gasteiger partial charge in [-0.2, -0.15) is 4.98 Å². The standard InChI is InChI=1S/C25H24N2O2/c1-17(2)28-23-14-13-22(15-18(23)3)25-26-24(29-27-25)16-19-9-11-21(12-10-19)20-7-5-4-6-8-20/h4-15,17H,16H2,1-3H3. The normalized spacial score (nSPS) is 11.0. The van der Waals surface area contributed by atoms with Crippen molar-refractivity contribution in [1.29, 1.82) is 0 Å². The minimum atomic E-state index is 0.143. The van der Waals surface area contributed by atoms with Gasteiger partial charge in [0.15, 0.2) is 0 Å². The molecule has 29 heavy (non-hydrogen) atoms. The lowest BCUT2D eigenvalue weighted by atomic mass is 10.0. The van der Waals surface area contributed by atoms with Gasteiger partial charge in [0.1, 0.15) is 5.75 Å². The molecule has 0 fully saturated rings. The molecule has 4 nitrogen and oxygen atoms in total. The molecule has 0 amide bonds. The summed E-state index contributed by atoms with van der Waals surface area (Å²) in [7, 11) is 0. The second-order valence-corrected chi connectivity index (χ2v) is 7.40. The first kappa shape index (κ1) is 18.9. The molecular weight excluding hydrogens is 360 g/mol. The highest BCUT2D eigenvalue weighted by Crippen LogP contribution is 2.26. The van der Waals surface area contributed by atoms with Crippen LogP contribution in [0.5, 0.6) is 5.75 Å². The largest absolute Gasteiger partial charge is 0.491 e. The first-order chi connectivity index (χ1) is 14.1. The maximum Gasteiger partial charge on any atom is 0.231 e. The van der Waals surface area contributed by atoms with Crippen LogP contribution in [-0.2, 0) is 6.42 Å². The Hall–Kier alpha value is -3.40. The van der Waals surface area contributed by atoms with E-state index in [0.717, 1.165) is 22.4 Å². The number of aryl methyl sites for hydroxylation is 1. The van der Waals surface area contributed by atoms with Gasteiger partial charge in [-0.3, -0.25) is 0 Å². The molecule has 4 rings (SSSR count). The number of hydrogen-bond donors (Lipinski definition) is 0. The Morgan fingerprint density at radius 2 is 1.55 bits per heavy atom. The zero-order chi connectivity index (χ0) is 20.2. The van der Waals surface area contributed by atoms with Crippen LogP contribution in [-0.4, -0.2) is 16.2 Å². The molecule has 0 radical (unpaired) electrons. The molecule has 0 aliphatic carbocycles. The molecule has 0 saturated carbocycles. The van der Waals surface area contributed by atoms with E-state index in [-0.39, 0.29) is 6.10 Å². The third-order valence-electron chi connectivity index (χ3n) is 4.68. The Bertz CT molecular complexity index is 1080. The van der Waals surface area contributed by atoms with Crippen molar-refractivity contribution in [2.75, 3.05) is 0 Å². The molecule has 4 heteroatoms. The summed E-state index contributed by atoms with van der Waals surface area (Å²) < 4.78 is 11.3. The van der Waals surface area contributed by atoms with Crippen molar-refractivity contribution in [3.05, 3.63) is 89.8 Å². The number of benzene rings is 3. The van der Waals surface area contributed by atoms with Crippen molar-refractivity contribution in [2.24, 2.45) is 0 Å². The highest BCUT2D eigenvalue weighted by atomic mass is 16.5. The summed E-state index contributed by atoms with van der Waals surface area (Å²) in [6, 6.07) is 24.8. The molecule has 0 aliphatic rings. The third-order valence-corrected chi connectivity index (χ3v) is 4.68. The third kappa shape index (κ3) is 4.54. The molecule has 0 N–H and O–H groups in total. The second-order valence-electron chi connectivity index (χ2n) is 7.40. The first-order valence-electron chi connectivity index (χ1n) is 9.83. The molecule has 0 spiro atoms. The van der Waals surface area contributed by atoms with Crippen molar-refractivity contribution in [3.63, 3.8) is 0 Å². The van der Waals surface area contributed by atoms with E-state index in [1.165, 1.54) is 11.1 Å². The number of ether oxygens (including phenoxy) is 1. The lowest BCUT2D eigenvalue weighted by Gasteiger charge is -2.12. The SMILES string of the molecule is Cc1cc(-c2noc(Cc3ccc(-c4ccccc4)cc3)n2)ccc1OC(C)C. The van der Waals surface area contributed by atoms with Gasteiger partial charge in [-0.05, 0) is 61.2 Å². The maximum atomic E-state index is 5.80. The van der Waals surface area contributed by atoms with E-state index in [9.17, 15) is 0 Å². The van der Waals surface area contributed by atoms with Gasteiger partial charge in [0.05, 0.1) is 12.5 Å². The van der Waals surface area contributed by atoms with Gasteiger partial charge in [0.25, 0.3) is 0 Å². The van der Waals surface area contributed by atoms with Gasteiger partial charge < -0.3 is 9.26 Å². The Kier molecular flexibility index (Phi) is 5.43. The van der Waals surface area contributed by atoms with E-state index in [1.807, 2.05) is 57.2 Å². The summed E-state index contributed by atoms with van der Waals surface area (Å²) in [5, 5.41) is 4.15. The topological polar surface area (TPSA) is 48.2 Å². The fourth-order valence-corrected chi connectivity index (χ4v) is 3.24. The van der Waals surface area contributed by atoms with E-state index in [0.29, 0.717) is 18.1 Å². The molecule has 1 heterocycles. The van der Waals surface area contributed by atoms with E-state index in [1.54, 1.807) is 0 Å². The van der Waals surface area contributed by atoms with Gasteiger partial charge in [-0.1, -0.05) is 59.8 Å². The average Bonchev–Trinajstić information content (AvgIpc) is 3.19. The van der Waals surface area contributed by atoms with Crippen LogP contribution in [0.2, 0.25) is 0 Å². The summed E-state index contributed by atoms with van der Waals surface area (Å²) in [6.07, 6.45) is 0.750. The quantitative estimate of drug-likeness (QED) is 0.404. The first-order valence-corrected chi connectivity index (χ1v) is 9.83. The Morgan fingerprint density at radius 3 is 2.24 bits per heavy atom. The lowest BCUT2D eigenvalue weighted by Crippen LogP contribution is -2.06. The minimum absolute atomic E-state index is 0.143. The average molecular weight is 384 g/mol. The van der Waals surface area contributed by atoms with E-state index >= 15 is 0 Å². The summed E-state index contributed by atoms with van der Waals surface area (Å²) >= 11 is 0. The van der Waals surface area contributed by atoms with Crippen molar-refractivity contribution >= 4 is 0 Å².